The van der Waals surface area contributed by atoms with Crippen molar-refractivity contribution >= 4 is 29.2 Å². The molecule has 10 heteroatoms. The van der Waals surface area contributed by atoms with Gasteiger partial charge in [0, 0.05) is 12.0 Å². The number of nitrogens with one attached hydrogen (secondary N) is 1. The molecule has 0 bridgehead atoms. The Kier molecular flexibility index (Phi) is 5.85. The van der Waals surface area contributed by atoms with Gasteiger partial charge in [0.2, 0.25) is 0 Å². The molecule has 3 rings (SSSR count). The monoisotopic (exact) mass is 383 g/mol. The van der Waals surface area contributed by atoms with Crippen LogP contribution in [0.1, 0.15) is 11.4 Å². The third-order valence-corrected chi connectivity index (χ3v) is 4.87. The minimum Gasteiger partial charge on any atom is -0.378 e. The Bertz CT molecular complexity index is 896. The molecule has 1 atom stereocenters. The van der Waals surface area contributed by atoms with Crippen molar-refractivity contribution < 1.29 is 9.53 Å². The van der Waals surface area contributed by atoms with E-state index in [0.717, 1.165) is 10.6 Å². The Balaban J connectivity index is 1.60. The zero-order valence-electron chi connectivity index (χ0n) is 14.3. The number of nitrogens with two attached hydrogens (primary N) is 1. The number of aliphatic imine (C=N–C) groups is 1. The molecular formula is C17H17N7O2S. The molecule has 1 aliphatic rings. The number of nitrogens with zero attached hydrogens (tertiary/aromatic N) is 5. The second-order valence-corrected chi connectivity index (χ2v) is 6.83. The van der Waals surface area contributed by atoms with Crippen LogP contribution in [0.3, 0.4) is 0 Å². The van der Waals surface area contributed by atoms with Gasteiger partial charge < -0.3 is 15.9 Å². The quantitative estimate of drug-likeness (QED) is 0.431. The molecule has 1 amide bonds. The molecule has 1 unspecified atom stereocenters. The van der Waals surface area contributed by atoms with Crippen molar-refractivity contribution in [3.05, 3.63) is 35.3 Å². The lowest BCUT2D eigenvalue weighted by Crippen LogP contribution is -2.34. The van der Waals surface area contributed by atoms with Crippen LogP contribution < -0.4 is 11.2 Å². The number of benzene rings is 1. The van der Waals surface area contributed by atoms with E-state index in [1.54, 1.807) is 0 Å². The normalized spacial score (nSPS) is 19.9. The molecular weight excluding hydrogens is 366 g/mol. The highest BCUT2D eigenvalue weighted by atomic mass is 32.1. The molecule has 0 radical (unpaired) electrons. The number of hydrogen-bond acceptors (Lipinski definition) is 9. The molecule has 138 valence electrons. The maximum Gasteiger partial charge on any atom is 0.273 e. The Hall–Kier alpha value is -3.16. The minimum atomic E-state index is -0.986. The van der Waals surface area contributed by atoms with Crippen LogP contribution in [0.15, 0.2) is 40.4 Å². The van der Waals surface area contributed by atoms with E-state index >= 15 is 0 Å². The third kappa shape index (κ3) is 4.52. The summed E-state index contributed by atoms with van der Waals surface area (Å²) < 4.78 is 5.20. The first-order chi connectivity index (χ1) is 13.2. The Morgan fingerprint density at radius 3 is 2.93 bits per heavy atom. The summed E-state index contributed by atoms with van der Waals surface area (Å²) in [5, 5.41) is 25.0. The summed E-state index contributed by atoms with van der Waals surface area (Å²) in [6, 6.07) is 11.8. The maximum atomic E-state index is 12.3. The van der Waals surface area contributed by atoms with Crippen molar-refractivity contribution in [3.63, 3.8) is 0 Å². The van der Waals surface area contributed by atoms with E-state index in [1.165, 1.54) is 17.6 Å². The summed E-state index contributed by atoms with van der Waals surface area (Å²) in [4.78, 5) is 16.4. The summed E-state index contributed by atoms with van der Waals surface area (Å²) in [6.07, 6.45) is 1.68. The van der Waals surface area contributed by atoms with Crippen molar-refractivity contribution in [2.75, 3.05) is 13.2 Å². The fourth-order valence-corrected chi connectivity index (χ4v) is 3.16. The van der Waals surface area contributed by atoms with Crippen LogP contribution in [0.25, 0.3) is 10.6 Å². The fourth-order valence-electron chi connectivity index (χ4n) is 2.38. The van der Waals surface area contributed by atoms with Gasteiger partial charge in [-0.3, -0.25) is 9.79 Å². The summed E-state index contributed by atoms with van der Waals surface area (Å²) >= 11 is 1.38. The van der Waals surface area contributed by atoms with Gasteiger partial charge in [-0.1, -0.05) is 41.7 Å². The molecule has 1 aliphatic heterocycles. The van der Waals surface area contributed by atoms with Crippen LogP contribution in [0.4, 0.5) is 0 Å². The molecule has 1 saturated heterocycles. The number of rotatable bonds is 6. The Morgan fingerprint density at radius 2 is 2.26 bits per heavy atom. The van der Waals surface area contributed by atoms with Crippen molar-refractivity contribution in [2.45, 2.75) is 18.5 Å². The van der Waals surface area contributed by atoms with Gasteiger partial charge in [-0.15, -0.1) is 10.2 Å². The standard InChI is InChI=1S/C17H17N7O2S/c18-10-17(6-7-26-11-17)21-8-13(22-19)15(25)20-9-14-23-24-16(27-14)12-4-2-1-3-5-12/h1-5,8H,6-7,9,11,19H2,(H,20,25)/b21-8?,22-13+. The second-order valence-electron chi connectivity index (χ2n) is 5.77. The van der Waals surface area contributed by atoms with Crippen molar-refractivity contribution in [3.8, 4) is 16.6 Å². The largest absolute Gasteiger partial charge is 0.378 e. The van der Waals surface area contributed by atoms with Crippen molar-refractivity contribution in [1.82, 2.24) is 15.5 Å². The van der Waals surface area contributed by atoms with Gasteiger partial charge in [0.25, 0.3) is 5.91 Å². The first-order valence-electron chi connectivity index (χ1n) is 8.14. The number of carbonyl (C=O) groups excluding carboxylic acids is 1. The number of nitriles is 1. The van der Waals surface area contributed by atoms with Crippen LogP contribution in [0.5, 0.6) is 0 Å². The fraction of sp³-hybridized carbons (Fsp3) is 0.294. The van der Waals surface area contributed by atoms with Gasteiger partial charge in [0.05, 0.1) is 32.0 Å². The predicted octanol–water partition coefficient (Wildman–Crippen LogP) is 0.889. The maximum absolute atomic E-state index is 12.3. The Morgan fingerprint density at radius 1 is 1.44 bits per heavy atom. The van der Waals surface area contributed by atoms with Gasteiger partial charge >= 0.3 is 0 Å². The number of hydrazone groups is 1. The first kappa shape index (κ1) is 18.6. The molecule has 2 aromatic rings. The van der Waals surface area contributed by atoms with Crippen LogP contribution >= 0.6 is 11.3 Å². The number of carbonyl (C=O) groups is 1. The van der Waals surface area contributed by atoms with Crippen molar-refractivity contribution in [1.29, 1.82) is 5.26 Å². The molecule has 1 fully saturated rings. The van der Waals surface area contributed by atoms with Gasteiger partial charge in [-0.25, -0.2) is 0 Å². The minimum absolute atomic E-state index is 0.0793. The van der Waals surface area contributed by atoms with Crippen LogP contribution in [-0.2, 0) is 16.1 Å². The molecule has 9 nitrogen and oxygen atoms in total. The van der Waals surface area contributed by atoms with E-state index in [1.807, 2.05) is 30.3 Å². The zero-order chi connectivity index (χ0) is 19.1. The lowest BCUT2D eigenvalue weighted by atomic mass is 10.0. The van der Waals surface area contributed by atoms with Gasteiger partial charge in [0.1, 0.15) is 10.0 Å². The van der Waals surface area contributed by atoms with Crippen molar-refractivity contribution in [2.24, 2.45) is 15.9 Å². The summed E-state index contributed by atoms with van der Waals surface area (Å²) in [5.74, 6) is 4.78. The average molecular weight is 383 g/mol. The summed E-state index contributed by atoms with van der Waals surface area (Å²) in [5.41, 5.74) is -0.103. The lowest BCUT2D eigenvalue weighted by Gasteiger charge is -2.11. The molecule has 0 saturated carbocycles. The smallest absolute Gasteiger partial charge is 0.273 e. The number of amides is 1. The molecule has 1 aromatic heterocycles. The SMILES string of the molecule is N#CC1(N=C/C(=N\N)C(=O)NCc2nnc(-c3ccccc3)s2)CCOC1. The lowest BCUT2D eigenvalue weighted by molar-refractivity contribution is -0.114. The summed E-state index contributed by atoms with van der Waals surface area (Å²) in [6.45, 7) is 0.822. The van der Waals surface area contributed by atoms with Crippen LogP contribution in [0.2, 0.25) is 0 Å². The molecule has 0 aliphatic carbocycles. The van der Waals surface area contributed by atoms with E-state index in [4.69, 9.17) is 10.6 Å². The van der Waals surface area contributed by atoms with Crippen LogP contribution in [0, 0.1) is 11.3 Å². The Labute approximate surface area is 159 Å². The molecule has 0 spiro atoms. The first-order valence-corrected chi connectivity index (χ1v) is 8.95. The highest BCUT2D eigenvalue weighted by Gasteiger charge is 2.34. The van der Waals surface area contributed by atoms with Gasteiger partial charge in [0.15, 0.2) is 11.3 Å². The van der Waals surface area contributed by atoms with E-state index in [-0.39, 0.29) is 18.9 Å². The average Bonchev–Trinajstić information content (AvgIpc) is 3.38. The van der Waals surface area contributed by atoms with E-state index < -0.39 is 11.4 Å². The zero-order valence-corrected chi connectivity index (χ0v) is 15.1. The molecule has 2 heterocycles. The third-order valence-electron chi connectivity index (χ3n) is 3.90. The topological polar surface area (TPSA) is 139 Å². The van der Waals surface area contributed by atoms with E-state index in [2.05, 4.69) is 31.7 Å². The summed E-state index contributed by atoms with van der Waals surface area (Å²) in [7, 11) is 0. The molecule has 3 N–H and O–H groups in total. The van der Waals surface area contributed by atoms with Crippen LogP contribution in [-0.4, -0.2) is 46.8 Å². The van der Waals surface area contributed by atoms with E-state index in [0.29, 0.717) is 18.0 Å². The second kappa shape index (κ2) is 8.48. The molecule has 27 heavy (non-hydrogen) atoms. The number of hydrogen-bond donors (Lipinski definition) is 2. The van der Waals surface area contributed by atoms with Gasteiger partial charge in [-0.2, -0.15) is 10.4 Å². The molecule has 1 aromatic carbocycles. The highest BCUT2D eigenvalue weighted by Crippen LogP contribution is 2.23. The number of aromatic nitrogens is 2. The predicted molar refractivity (Wildman–Crippen MR) is 101 cm³/mol. The van der Waals surface area contributed by atoms with E-state index in [9.17, 15) is 10.1 Å². The highest BCUT2D eigenvalue weighted by molar-refractivity contribution is 7.14. The number of ether oxygens (including phenoxy) is 1. The van der Waals surface area contributed by atoms with Gasteiger partial charge in [-0.05, 0) is 0 Å².